The number of aliphatic hydroxyl groups is 1. The van der Waals surface area contributed by atoms with Crippen LogP contribution in [-0.2, 0) is 0 Å². The molecule has 0 radical (unpaired) electrons. The van der Waals surface area contributed by atoms with Crippen LogP contribution in [0.2, 0.25) is 0 Å². The van der Waals surface area contributed by atoms with E-state index in [1.807, 2.05) is 24.3 Å². The monoisotopic (exact) mass is 250 g/mol. The van der Waals surface area contributed by atoms with Crippen LogP contribution in [0.1, 0.15) is 10.9 Å². The highest BCUT2D eigenvalue weighted by molar-refractivity contribution is 7.09. The van der Waals surface area contributed by atoms with Crippen LogP contribution < -0.4 is 10.1 Å². The normalized spacial score (nSPS) is 12.1. The van der Waals surface area contributed by atoms with Crippen molar-refractivity contribution in [3.63, 3.8) is 0 Å². The number of rotatable bonds is 5. The van der Waals surface area contributed by atoms with E-state index in [0.717, 1.165) is 16.3 Å². The van der Waals surface area contributed by atoms with Gasteiger partial charge in [-0.1, -0.05) is 0 Å². The third-order valence-electron chi connectivity index (χ3n) is 2.41. The van der Waals surface area contributed by atoms with Gasteiger partial charge >= 0.3 is 0 Å². The second-order valence-electron chi connectivity index (χ2n) is 3.51. The number of methoxy groups -OCH3 is 1. The van der Waals surface area contributed by atoms with Crippen LogP contribution in [0, 0.1) is 0 Å². The summed E-state index contributed by atoms with van der Waals surface area (Å²) in [5.74, 6) is 0.814. The number of hydrogen-bond donors (Lipinski definition) is 2. The van der Waals surface area contributed by atoms with Gasteiger partial charge in [-0.3, -0.25) is 4.98 Å². The topological polar surface area (TPSA) is 54.4 Å². The Labute approximate surface area is 104 Å². The maximum atomic E-state index is 9.35. The molecule has 1 heterocycles. The molecule has 4 nitrogen and oxygen atoms in total. The minimum Gasteiger partial charge on any atom is -0.497 e. The van der Waals surface area contributed by atoms with Crippen molar-refractivity contribution in [1.82, 2.24) is 4.98 Å². The van der Waals surface area contributed by atoms with Gasteiger partial charge < -0.3 is 15.2 Å². The van der Waals surface area contributed by atoms with Crippen molar-refractivity contribution in [3.8, 4) is 5.75 Å². The summed E-state index contributed by atoms with van der Waals surface area (Å²) in [6.45, 7) is 0.0359. The Balaban J connectivity index is 2.07. The fourth-order valence-corrected chi connectivity index (χ4v) is 2.16. The fraction of sp³-hybridized carbons (Fsp3) is 0.250. The summed E-state index contributed by atoms with van der Waals surface area (Å²) in [7, 11) is 1.64. The smallest absolute Gasteiger partial charge is 0.119 e. The van der Waals surface area contributed by atoms with Gasteiger partial charge in [-0.25, -0.2) is 0 Å². The summed E-state index contributed by atoms with van der Waals surface area (Å²) in [5.41, 5.74) is 2.70. The van der Waals surface area contributed by atoms with E-state index in [1.165, 1.54) is 11.3 Å². The molecular formula is C12H14N2O2S. The minimum atomic E-state index is -0.115. The maximum Gasteiger partial charge on any atom is 0.119 e. The van der Waals surface area contributed by atoms with Gasteiger partial charge in [-0.2, -0.15) is 0 Å². The summed E-state index contributed by atoms with van der Waals surface area (Å²) in [5, 5.41) is 12.6. The highest BCUT2D eigenvalue weighted by Crippen LogP contribution is 2.23. The number of anilines is 1. The molecular weight excluding hydrogens is 236 g/mol. The summed E-state index contributed by atoms with van der Waals surface area (Å²) in [6.07, 6.45) is 1.77. The average Bonchev–Trinajstić information content (AvgIpc) is 2.90. The first kappa shape index (κ1) is 11.9. The van der Waals surface area contributed by atoms with E-state index in [9.17, 15) is 5.11 Å². The van der Waals surface area contributed by atoms with Crippen LogP contribution >= 0.6 is 11.3 Å². The summed E-state index contributed by atoms with van der Waals surface area (Å²) < 4.78 is 5.09. The molecule has 2 N–H and O–H groups in total. The first-order chi connectivity index (χ1) is 8.33. The predicted octanol–water partition coefficient (Wildman–Crippen LogP) is 2.30. The molecule has 0 aliphatic rings. The number of nitrogens with one attached hydrogen (secondary N) is 1. The van der Waals surface area contributed by atoms with Gasteiger partial charge in [-0.05, 0) is 24.3 Å². The Morgan fingerprint density at radius 3 is 2.71 bits per heavy atom. The lowest BCUT2D eigenvalue weighted by Gasteiger charge is -2.15. The van der Waals surface area contributed by atoms with Crippen molar-refractivity contribution in [1.29, 1.82) is 0 Å². The van der Waals surface area contributed by atoms with Crippen molar-refractivity contribution in [2.24, 2.45) is 0 Å². The molecule has 1 atom stereocenters. The zero-order chi connectivity index (χ0) is 12.1. The number of nitrogens with zero attached hydrogens (tertiary/aromatic N) is 1. The molecule has 2 aromatic rings. The molecule has 0 aliphatic carbocycles. The molecule has 0 amide bonds. The van der Waals surface area contributed by atoms with Crippen molar-refractivity contribution < 1.29 is 9.84 Å². The van der Waals surface area contributed by atoms with Crippen molar-refractivity contribution in [2.45, 2.75) is 6.04 Å². The third-order valence-corrected chi connectivity index (χ3v) is 3.30. The van der Waals surface area contributed by atoms with Gasteiger partial charge in [-0.15, -0.1) is 11.3 Å². The average molecular weight is 250 g/mol. The number of ether oxygens (including phenoxy) is 1. The van der Waals surface area contributed by atoms with Gasteiger partial charge in [0.15, 0.2) is 0 Å². The standard InChI is InChI=1S/C12H14N2O2S/c1-16-10-4-2-9(3-5-10)14-11(7-15)12-6-13-8-17-12/h2-6,8,11,14-15H,7H2,1H3. The highest BCUT2D eigenvalue weighted by Gasteiger charge is 2.11. The largest absolute Gasteiger partial charge is 0.497 e. The maximum absolute atomic E-state index is 9.35. The molecule has 17 heavy (non-hydrogen) atoms. The van der Waals surface area contributed by atoms with Crippen LogP contribution in [-0.4, -0.2) is 23.8 Å². The van der Waals surface area contributed by atoms with Gasteiger partial charge in [0.25, 0.3) is 0 Å². The Bertz CT molecular complexity index is 442. The lowest BCUT2D eigenvalue weighted by atomic mass is 10.2. The lowest BCUT2D eigenvalue weighted by molar-refractivity contribution is 0.277. The summed E-state index contributed by atoms with van der Waals surface area (Å²) >= 11 is 1.52. The first-order valence-electron chi connectivity index (χ1n) is 5.23. The fourth-order valence-electron chi connectivity index (χ4n) is 1.49. The van der Waals surface area contributed by atoms with Gasteiger partial charge in [0, 0.05) is 16.8 Å². The number of aliphatic hydroxyl groups excluding tert-OH is 1. The number of thiazole rings is 1. The van der Waals surface area contributed by atoms with Crippen LogP contribution in [0.5, 0.6) is 5.75 Å². The molecule has 0 fully saturated rings. The molecule has 2 rings (SSSR count). The van der Waals surface area contributed by atoms with E-state index >= 15 is 0 Å². The predicted molar refractivity (Wildman–Crippen MR) is 68.6 cm³/mol. The first-order valence-corrected chi connectivity index (χ1v) is 6.11. The number of aromatic nitrogens is 1. The van der Waals surface area contributed by atoms with E-state index in [1.54, 1.807) is 18.8 Å². The molecule has 0 spiro atoms. The summed E-state index contributed by atoms with van der Waals surface area (Å²) in [4.78, 5) is 5.02. The van der Waals surface area contributed by atoms with E-state index in [4.69, 9.17) is 4.74 Å². The highest BCUT2D eigenvalue weighted by atomic mass is 32.1. The number of benzene rings is 1. The van der Waals surface area contributed by atoms with Crippen LogP contribution in [0.15, 0.2) is 36.0 Å². The zero-order valence-corrected chi connectivity index (χ0v) is 10.3. The molecule has 1 unspecified atom stereocenters. The molecule has 1 aromatic carbocycles. The van der Waals surface area contributed by atoms with E-state index < -0.39 is 0 Å². The molecule has 0 aliphatic heterocycles. The molecule has 5 heteroatoms. The second kappa shape index (κ2) is 5.65. The summed E-state index contributed by atoms with van der Waals surface area (Å²) in [6, 6.07) is 7.48. The quantitative estimate of drug-likeness (QED) is 0.855. The molecule has 0 saturated carbocycles. The zero-order valence-electron chi connectivity index (χ0n) is 9.46. The van der Waals surface area contributed by atoms with E-state index in [2.05, 4.69) is 10.3 Å². The van der Waals surface area contributed by atoms with Crippen molar-refractivity contribution >= 4 is 17.0 Å². The Morgan fingerprint density at radius 1 is 1.41 bits per heavy atom. The Hall–Kier alpha value is -1.59. The van der Waals surface area contributed by atoms with Crippen LogP contribution in [0.4, 0.5) is 5.69 Å². The lowest BCUT2D eigenvalue weighted by Crippen LogP contribution is -2.13. The molecule has 0 bridgehead atoms. The SMILES string of the molecule is COc1ccc(NC(CO)c2cncs2)cc1. The Kier molecular flexibility index (Phi) is 3.95. The van der Waals surface area contributed by atoms with Gasteiger partial charge in [0.2, 0.25) is 0 Å². The van der Waals surface area contributed by atoms with Crippen molar-refractivity contribution in [2.75, 3.05) is 19.0 Å². The third kappa shape index (κ3) is 2.95. The van der Waals surface area contributed by atoms with Gasteiger partial charge in [0.05, 0.1) is 25.3 Å². The Morgan fingerprint density at radius 2 is 2.18 bits per heavy atom. The second-order valence-corrected chi connectivity index (χ2v) is 4.43. The number of hydrogen-bond acceptors (Lipinski definition) is 5. The van der Waals surface area contributed by atoms with Crippen LogP contribution in [0.25, 0.3) is 0 Å². The van der Waals surface area contributed by atoms with E-state index in [0.29, 0.717) is 0 Å². The van der Waals surface area contributed by atoms with Crippen molar-refractivity contribution in [3.05, 3.63) is 40.8 Å². The molecule has 0 saturated heterocycles. The molecule has 90 valence electrons. The molecule has 1 aromatic heterocycles. The van der Waals surface area contributed by atoms with E-state index in [-0.39, 0.29) is 12.6 Å². The van der Waals surface area contributed by atoms with Crippen LogP contribution in [0.3, 0.4) is 0 Å². The van der Waals surface area contributed by atoms with Gasteiger partial charge in [0.1, 0.15) is 5.75 Å². The minimum absolute atomic E-state index is 0.0359.